The van der Waals surface area contributed by atoms with Gasteiger partial charge >= 0.3 is 0 Å². The van der Waals surface area contributed by atoms with E-state index in [0.717, 1.165) is 19.6 Å². The zero-order valence-corrected chi connectivity index (χ0v) is 14.7. The van der Waals surface area contributed by atoms with Crippen LogP contribution in [0.2, 0.25) is 0 Å². The van der Waals surface area contributed by atoms with Gasteiger partial charge in [-0.05, 0) is 44.5 Å². The fourth-order valence-corrected chi connectivity index (χ4v) is 5.45. The van der Waals surface area contributed by atoms with Gasteiger partial charge in [-0.2, -0.15) is 9.57 Å². The summed E-state index contributed by atoms with van der Waals surface area (Å²) in [5.41, 5.74) is 0.193. The summed E-state index contributed by atoms with van der Waals surface area (Å²) in [7, 11) is -2.09. The van der Waals surface area contributed by atoms with Crippen LogP contribution in [0.5, 0.6) is 0 Å². The molecule has 0 spiro atoms. The van der Waals surface area contributed by atoms with Crippen molar-refractivity contribution in [2.45, 2.75) is 36.3 Å². The minimum Gasteiger partial charge on any atom is -0.380 e. The highest BCUT2D eigenvalue weighted by Crippen LogP contribution is 2.30. The van der Waals surface area contributed by atoms with E-state index < -0.39 is 10.0 Å². The minimum atomic E-state index is -3.71. The zero-order valence-electron chi connectivity index (χ0n) is 13.9. The van der Waals surface area contributed by atoms with Gasteiger partial charge in [-0.3, -0.25) is 0 Å². The van der Waals surface area contributed by atoms with Crippen LogP contribution in [0.15, 0.2) is 29.2 Å². The largest absolute Gasteiger partial charge is 0.380 e. The molecule has 1 aromatic rings. The summed E-state index contributed by atoms with van der Waals surface area (Å²) >= 11 is 0. The minimum absolute atomic E-state index is 0.0932. The highest BCUT2D eigenvalue weighted by atomic mass is 32.2. The first-order valence-electron chi connectivity index (χ1n) is 8.32. The number of sulfonamides is 1. The second-order valence-electron chi connectivity index (χ2n) is 6.44. The molecule has 6 nitrogen and oxygen atoms in total. The van der Waals surface area contributed by atoms with Gasteiger partial charge in [0.1, 0.15) is 6.07 Å². The smallest absolute Gasteiger partial charge is 0.244 e. The highest BCUT2D eigenvalue weighted by Gasteiger charge is 2.41. The van der Waals surface area contributed by atoms with Crippen molar-refractivity contribution in [3.8, 4) is 6.07 Å². The third-order valence-electron chi connectivity index (χ3n) is 4.92. The van der Waals surface area contributed by atoms with Crippen LogP contribution in [0.25, 0.3) is 0 Å². The quantitative estimate of drug-likeness (QED) is 0.804. The van der Waals surface area contributed by atoms with Gasteiger partial charge < -0.3 is 9.64 Å². The number of rotatable bonds is 5. The number of methoxy groups -OCH3 is 1. The Morgan fingerprint density at radius 3 is 2.67 bits per heavy atom. The second-order valence-corrected chi connectivity index (χ2v) is 8.30. The normalized spacial score (nSPS) is 25.8. The van der Waals surface area contributed by atoms with Crippen molar-refractivity contribution in [2.24, 2.45) is 0 Å². The lowest BCUT2D eigenvalue weighted by Gasteiger charge is -2.27. The molecule has 0 N–H and O–H groups in total. The van der Waals surface area contributed by atoms with E-state index in [4.69, 9.17) is 4.74 Å². The van der Waals surface area contributed by atoms with Crippen molar-refractivity contribution in [1.29, 1.82) is 5.26 Å². The van der Waals surface area contributed by atoms with Crippen molar-refractivity contribution in [1.82, 2.24) is 9.21 Å². The Kier molecular flexibility index (Phi) is 5.21. The predicted octanol–water partition coefficient (Wildman–Crippen LogP) is 1.43. The van der Waals surface area contributed by atoms with Crippen LogP contribution in [-0.2, 0) is 14.8 Å². The van der Waals surface area contributed by atoms with E-state index in [9.17, 15) is 13.7 Å². The third-order valence-corrected chi connectivity index (χ3v) is 6.90. The van der Waals surface area contributed by atoms with Gasteiger partial charge in [-0.25, -0.2) is 8.42 Å². The summed E-state index contributed by atoms with van der Waals surface area (Å²) in [6.45, 7) is 3.12. The van der Waals surface area contributed by atoms with Gasteiger partial charge in [0.15, 0.2) is 0 Å². The first-order valence-corrected chi connectivity index (χ1v) is 9.76. The van der Waals surface area contributed by atoms with Crippen molar-refractivity contribution in [3.63, 3.8) is 0 Å². The summed E-state index contributed by atoms with van der Waals surface area (Å²) in [5.74, 6) is 0. The van der Waals surface area contributed by atoms with Crippen LogP contribution in [0.4, 0.5) is 0 Å². The topological polar surface area (TPSA) is 73.6 Å². The molecule has 2 heterocycles. The van der Waals surface area contributed by atoms with Crippen molar-refractivity contribution >= 4 is 10.0 Å². The number of nitriles is 1. The monoisotopic (exact) mass is 349 g/mol. The average Bonchev–Trinajstić information content (AvgIpc) is 3.25. The summed E-state index contributed by atoms with van der Waals surface area (Å²) < 4.78 is 33.3. The maximum absolute atomic E-state index is 13.2. The van der Waals surface area contributed by atoms with Gasteiger partial charge in [-0.15, -0.1) is 0 Å². The molecular formula is C17H23N3O3S. The number of benzene rings is 1. The molecule has 130 valence electrons. The number of hydrogen-bond donors (Lipinski definition) is 0. The maximum atomic E-state index is 13.2. The third kappa shape index (κ3) is 3.33. The van der Waals surface area contributed by atoms with Crippen LogP contribution in [0, 0.1) is 11.3 Å². The van der Waals surface area contributed by atoms with Crippen molar-refractivity contribution < 1.29 is 13.2 Å². The highest BCUT2D eigenvalue weighted by molar-refractivity contribution is 7.89. The Hall–Kier alpha value is -1.46. The summed E-state index contributed by atoms with van der Waals surface area (Å²) in [6.07, 6.45) is 2.94. The van der Waals surface area contributed by atoms with Gasteiger partial charge in [0, 0.05) is 26.2 Å². The predicted molar refractivity (Wildman–Crippen MR) is 89.9 cm³/mol. The van der Waals surface area contributed by atoms with Gasteiger partial charge in [0.25, 0.3) is 0 Å². The fourth-order valence-electron chi connectivity index (χ4n) is 3.65. The molecule has 2 fully saturated rings. The Morgan fingerprint density at radius 1 is 1.29 bits per heavy atom. The molecule has 2 aliphatic rings. The number of nitrogens with zero attached hydrogens (tertiary/aromatic N) is 3. The second kappa shape index (κ2) is 7.19. The summed E-state index contributed by atoms with van der Waals surface area (Å²) in [4.78, 5) is 2.41. The Morgan fingerprint density at radius 2 is 2.00 bits per heavy atom. The Balaban J connectivity index is 1.89. The molecule has 0 aromatic heterocycles. The van der Waals surface area contributed by atoms with E-state index in [1.165, 1.54) is 23.2 Å². The van der Waals surface area contributed by atoms with Crippen LogP contribution in [0.3, 0.4) is 0 Å². The number of likely N-dealkylation sites (tertiary alicyclic amines) is 1. The Labute approximate surface area is 143 Å². The van der Waals surface area contributed by atoms with E-state index in [1.54, 1.807) is 25.3 Å². The molecular weight excluding hydrogens is 326 g/mol. The lowest BCUT2D eigenvalue weighted by Crippen LogP contribution is -2.42. The van der Waals surface area contributed by atoms with E-state index in [2.05, 4.69) is 4.90 Å². The molecule has 7 heteroatoms. The number of ether oxygens (including phenoxy) is 1. The maximum Gasteiger partial charge on any atom is 0.244 e. The van der Waals surface area contributed by atoms with E-state index in [0.29, 0.717) is 13.0 Å². The van der Waals surface area contributed by atoms with E-state index in [-0.39, 0.29) is 22.6 Å². The zero-order chi connectivity index (χ0) is 17.2. The van der Waals surface area contributed by atoms with Crippen LogP contribution < -0.4 is 0 Å². The molecule has 0 bridgehead atoms. The van der Waals surface area contributed by atoms with E-state index >= 15 is 0 Å². The molecule has 2 saturated heterocycles. The SMILES string of the molecule is CO[C@H]1C[C@@H](CN2CCCC2)N(S(=O)(=O)c2ccccc2C#N)C1. The van der Waals surface area contributed by atoms with Crippen LogP contribution in [-0.4, -0.2) is 63.1 Å². The molecule has 3 rings (SSSR count). The average molecular weight is 349 g/mol. The number of hydrogen-bond acceptors (Lipinski definition) is 5. The molecule has 0 unspecified atom stereocenters. The van der Waals surface area contributed by atoms with Gasteiger partial charge in [0.2, 0.25) is 10.0 Å². The first kappa shape index (κ1) is 17.4. The standard InChI is InChI=1S/C17H23N3O3S/c1-23-16-10-15(12-19-8-4-5-9-19)20(13-16)24(21,22)17-7-3-2-6-14(17)11-18/h2-3,6-7,15-16H,4-5,8-10,12-13H2,1H3/t15-,16-/m0/s1. The van der Waals surface area contributed by atoms with Gasteiger partial charge in [-0.1, -0.05) is 12.1 Å². The molecule has 24 heavy (non-hydrogen) atoms. The van der Waals surface area contributed by atoms with Crippen LogP contribution in [0.1, 0.15) is 24.8 Å². The van der Waals surface area contributed by atoms with Crippen molar-refractivity contribution in [2.75, 3.05) is 33.3 Å². The Bertz CT molecular complexity index is 723. The molecule has 0 saturated carbocycles. The first-order chi connectivity index (χ1) is 11.6. The fraction of sp³-hybridized carbons (Fsp3) is 0.588. The molecule has 2 aliphatic heterocycles. The lowest BCUT2D eigenvalue weighted by molar-refractivity contribution is 0.113. The van der Waals surface area contributed by atoms with Crippen molar-refractivity contribution in [3.05, 3.63) is 29.8 Å². The molecule has 2 atom stereocenters. The summed E-state index contributed by atoms with van der Waals surface area (Å²) in [6, 6.07) is 8.29. The molecule has 0 radical (unpaired) electrons. The van der Waals surface area contributed by atoms with Gasteiger partial charge in [0.05, 0.1) is 16.6 Å². The summed E-state index contributed by atoms with van der Waals surface area (Å²) in [5, 5.41) is 9.25. The van der Waals surface area contributed by atoms with E-state index in [1.807, 2.05) is 6.07 Å². The molecule has 1 aromatic carbocycles. The molecule has 0 aliphatic carbocycles. The lowest BCUT2D eigenvalue weighted by atomic mass is 10.2. The molecule has 0 amide bonds. The van der Waals surface area contributed by atoms with Crippen LogP contribution >= 0.6 is 0 Å².